The molecule has 0 bridgehead atoms. The average Bonchev–Trinajstić information content (AvgIpc) is 3.04. The quantitative estimate of drug-likeness (QED) is 0.184. The van der Waals surface area contributed by atoms with Crippen LogP contribution in [0.3, 0.4) is 0 Å². The Labute approximate surface area is 265 Å². The van der Waals surface area contributed by atoms with Gasteiger partial charge < -0.3 is 24.6 Å². The number of carboxylic acid groups (broad SMARTS) is 1. The fraction of sp³-hybridized carbons (Fsp3) is 0.257. The molecule has 1 amide bonds. The molecule has 0 radical (unpaired) electrons. The highest BCUT2D eigenvalue weighted by Crippen LogP contribution is 2.40. The smallest absolute Gasteiger partial charge is 0.337 e. The summed E-state index contributed by atoms with van der Waals surface area (Å²) in [6, 6.07) is 22.8. The molecule has 230 valence electrons. The Morgan fingerprint density at radius 3 is 2.44 bits per heavy atom. The molecule has 0 spiro atoms. The van der Waals surface area contributed by atoms with Crippen molar-refractivity contribution in [2.45, 2.75) is 45.3 Å². The number of nitrogens with zero attached hydrogens (tertiary/aromatic N) is 1. The van der Waals surface area contributed by atoms with Crippen molar-refractivity contribution in [2.24, 2.45) is 5.41 Å². The summed E-state index contributed by atoms with van der Waals surface area (Å²) in [6.07, 6.45) is 1.78. The van der Waals surface area contributed by atoms with Crippen molar-refractivity contribution in [2.75, 3.05) is 12.4 Å². The minimum atomic E-state index is -1.24. The van der Waals surface area contributed by atoms with Gasteiger partial charge in [0.1, 0.15) is 24.2 Å². The van der Waals surface area contributed by atoms with Gasteiger partial charge in [0.05, 0.1) is 41.0 Å². The largest absolute Gasteiger partial charge is 0.496 e. The van der Waals surface area contributed by atoms with Crippen molar-refractivity contribution in [3.8, 4) is 17.6 Å². The maximum Gasteiger partial charge on any atom is 0.337 e. The van der Waals surface area contributed by atoms with Crippen LogP contribution in [0.25, 0.3) is 10.8 Å². The van der Waals surface area contributed by atoms with Gasteiger partial charge in [0.2, 0.25) is 0 Å². The molecule has 9 nitrogen and oxygen atoms in total. The number of carbonyl (C=O) groups is 3. The molecule has 0 atom stereocenters. The Hall–Kier alpha value is -5.07. The van der Waals surface area contributed by atoms with Gasteiger partial charge in [-0.1, -0.05) is 54.1 Å². The van der Waals surface area contributed by atoms with E-state index in [4.69, 9.17) is 25.8 Å². The highest BCUT2D eigenvalue weighted by Gasteiger charge is 2.40. The fourth-order valence-electron chi connectivity index (χ4n) is 5.55. The van der Waals surface area contributed by atoms with Crippen molar-refractivity contribution in [1.82, 2.24) is 0 Å². The number of carboxylic acids is 1. The Kier molecular flexibility index (Phi) is 9.26. The van der Waals surface area contributed by atoms with E-state index in [1.54, 1.807) is 0 Å². The predicted octanol–water partition coefficient (Wildman–Crippen LogP) is 7.40. The number of benzene rings is 4. The van der Waals surface area contributed by atoms with Crippen LogP contribution in [0.2, 0.25) is 5.02 Å². The molecule has 1 saturated carbocycles. The lowest BCUT2D eigenvalue weighted by molar-refractivity contribution is -0.159. The molecule has 10 heteroatoms. The maximum atomic E-state index is 13.3. The zero-order valence-electron chi connectivity index (χ0n) is 24.8. The first kappa shape index (κ1) is 31.4. The lowest BCUT2D eigenvalue weighted by atomic mass is 9.74. The zero-order chi connectivity index (χ0) is 32.1. The molecule has 0 saturated heterocycles. The van der Waals surface area contributed by atoms with E-state index in [9.17, 15) is 24.8 Å². The first-order chi connectivity index (χ1) is 21.6. The average molecular weight is 627 g/mol. The van der Waals surface area contributed by atoms with Crippen molar-refractivity contribution < 1.29 is 33.7 Å². The molecule has 4 aromatic carbocycles. The maximum absolute atomic E-state index is 13.3. The number of esters is 1. The van der Waals surface area contributed by atoms with E-state index in [0.717, 1.165) is 16.3 Å². The van der Waals surface area contributed by atoms with Crippen LogP contribution in [0.15, 0.2) is 72.8 Å². The van der Waals surface area contributed by atoms with Crippen LogP contribution in [-0.2, 0) is 16.1 Å². The Morgan fingerprint density at radius 2 is 1.73 bits per heavy atom. The molecule has 1 aliphatic rings. The zero-order valence-corrected chi connectivity index (χ0v) is 25.5. The SMILES string of the molecule is COc1cc(C#N)c(OC2CCC(C)(C(=O)OCc3cccc4ccccc34)CC2)cc1C(=O)Nc1cc(Cl)ccc1C(=O)O. The van der Waals surface area contributed by atoms with Gasteiger partial charge in [0.15, 0.2) is 0 Å². The summed E-state index contributed by atoms with van der Waals surface area (Å²) in [6.45, 7) is 2.08. The summed E-state index contributed by atoms with van der Waals surface area (Å²) in [5.41, 5.74) is 0.331. The molecule has 1 fully saturated rings. The number of hydrogen-bond donors (Lipinski definition) is 2. The second-order valence-electron chi connectivity index (χ2n) is 11.2. The lowest BCUT2D eigenvalue weighted by Crippen LogP contribution is -2.37. The predicted molar refractivity (Wildman–Crippen MR) is 169 cm³/mol. The van der Waals surface area contributed by atoms with Crippen LogP contribution in [0.4, 0.5) is 5.69 Å². The monoisotopic (exact) mass is 626 g/mol. The number of anilines is 1. The fourth-order valence-corrected chi connectivity index (χ4v) is 5.73. The molecule has 0 unspecified atom stereocenters. The minimum Gasteiger partial charge on any atom is -0.496 e. The number of halogens is 1. The second-order valence-corrected chi connectivity index (χ2v) is 11.6. The highest BCUT2D eigenvalue weighted by molar-refractivity contribution is 6.31. The van der Waals surface area contributed by atoms with Crippen LogP contribution in [0.1, 0.15) is 64.4 Å². The van der Waals surface area contributed by atoms with Gasteiger partial charge >= 0.3 is 11.9 Å². The van der Waals surface area contributed by atoms with E-state index in [-0.39, 0.29) is 57.6 Å². The summed E-state index contributed by atoms with van der Waals surface area (Å²) in [5.74, 6) is -1.88. The normalized spacial score (nSPS) is 17.6. The first-order valence-electron chi connectivity index (χ1n) is 14.4. The van der Waals surface area contributed by atoms with E-state index in [1.165, 1.54) is 37.4 Å². The number of fused-ring (bicyclic) bond motifs is 1. The Balaban J connectivity index is 1.27. The van der Waals surface area contributed by atoms with E-state index >= 15 is 0 Å². The molecule has 1 aliphatic carbocycles. The molecular weight excluding hydrogens is 596 g/mol. The summed E-state index contributed by atoms with van der Waals surface area (Å²) < 4.78 is 17.4. The van der Waals surface area contributed by atoms with Crippen LogP contribution < -0.4 is 14.8 Å². The van der Waals surface area contributed by atoms with Crippen molar-refractivity contribution in [3.05, 3.63) is 100 Å². The molecular formula is C35H31ClN2O7. The molecule has 0 aliphatic heterocycles. The highest BCUT2D eigenvalue weighted by atomic mass is 35.5. The van der Waals surface area contributed by atoms with Crippen molar-refractivity contribution >= 4 is 45.9 Å². The van der Waals surface area contributed by atoms with Crippen LogP contribution in [-0.4, -0.2) is 36.2 Å². The van der Waals surface area contributed by atoms with E-state index in [2.05, 4.69) is 11.4 Å². The number of nitriles is 1. The Morgan fingerprint density at radius 1 is 1.00 bits per heavy atom. The summed E-state index contributed by atoms with van der Waals surface area (Å²) in [5, 5.41) is 24.3. The molecule has 2 N–H and O–H groups in total. The Bertz CT molecular complexity index is 1820. The molecule has 5 rings (SSSR count). The number of amides is 1. The third-order valence-electron chi connectivity index (χ3n) is 8.19. The molecule has 4 aromatic rings. The van der Waals surface area contributed by atoms with Gasteiger partial charge in [-0.3, -0.25) is 9.59 Å². The number of aromatic carboxylic acids is 1. The van der Waals surface area contributed by atoms with Crippen LogP contribution in [0, 0.1) is 16.7 Å². The number of ether oxygens (including phenoxy) is 3. The first-order valence-corrected chi connectivity index (χ1v) is 14.8. The summed E-state index contributed by atoms with van der Waals surface area (Å²) in [4.78, 5) is 38.2. The van der Waals surface area contributed by atoms with Gasteiger partial charge in [-0.25, -0.2) is 4.79 Å². The topological polar surface area (TPSA) is 135 Å². The van der Waals surface area contributed by atoms with E-state index < -0.39 is 17.3 Å². The minimum absolute atomic E-state index is 0.00721. The number of methoxy groups -OCH3 is 1. The van der Waals surface area contributed by atoms with Gasteiger partial charge in [-0.2, -0.15) is 5.26 Å². The summed E-state index contributed by atoms with van der Waals surface area (Å²) >= 11 is 6.04. The number of carbonyl (C=O) groups excluding carboxylic acids is 2. The third-order valence-corrected chi connectivity index (χ3v) is 8.42. The van der Waals surface area contributed by atoms with Gasteiger partial charge in [-0.05, 0) is 73.2 Å². The molecule has 45 heavy (non-hydrogen) atoms. The number of hydrogen-bond acceptors (Lipinski definition) is 7. The third kappa shape index (κ3) is 6.87. The molecule has 0 aromatic heterocycles. The number of nitrogens with one attached hydrogen (secondary N) is 1. The van der Waals surface area contributed by atoms with Crippen molar-refractivity contribution in [3.63, 3.8) is 0 Å². The molecule has 0 heterocycles. The van der Waals surface area contributed by atoms with Gasteiger partial charge in [0.25, 0.3) is 5.91 Å². The van der Waals surface area contributed by atoms with E-state index in [1.807, 2.05) is 49.4 Å². The second kappa shape index (κ2) is 13.3. The van der Waals surface area contributed by atoms with Gasteiger partial charge in [-0.15, -0.1) is 0 Å². The summed E-state index contributed by atoms with van der Waals surface area (Å²) in [7, 11) is 1.36. The number of rotatable bonds is 9. The van der Waals surface area contributed by atoms with Crippen LogP contribution in [0.5, 0.6) is 11.5 Å². The van der Waals surface area contributed by atoms with Crippen LogP contribution >= 0.6 is 11.6 Å². The van der Waals surface area contributed by atoms with E-state index in [0.29, 0.717) is 25.7 Å². The lowest BCUT2D eigenvalue weighted by Gasteiger charge is -2.35. The van der Waals surface area contributed by atoms with Crippen molar-refractivity contribution in [1.29, 1.82) is 5.26 Å². The van der Waals surface area contributed by atoms with Gasteiger partial charge in [0, 0.05) is 11.1 Å². The standard InChI is InChI=1S/C35H31ClN2O7/c1-35(34(42)44-20-22-8-5-7-21-6-3-4-9-26(21)22)14-12-25(13-15-35)45-30-18-28(31(43-2)16-23(30)19-37)32(39)38-29-17-24(36)10-11-27(29)33(40)41/h3-11,16-18,25H,12-15,20H2,1-2H3,(H,38,39)(H,40,41).